The van der Waals surface area contributed by atoms with Crippen molar-refractivity contribution in [3.05, 3.63) is 30.0 Å². The lowest BCUT2D eigenvalue weighted by Gasteiger charge is -2.41. The zero-order valence-electron chi connectivity index (χ0n) is 22.6. The number of piperidine rings is 2. The number of hydrogen-bond donors (Lipinski definition) is 1. The molecule has 3 aliphatic heterocycles. The molecule has 10 heteroatoms. The third kappa shape index (κ3) is 5.57. The van der Waals surface area contributed by atoms with E-state index in [1.165, 1.54) is 19.1 Å². The molecule has 4 heterocycles. The largest absolute Gasteiger partial charge is 0.348 e. The van der Waals surface area contributed by atoms with Gasteiger partial charge in [0.05, 0.1) is 11.8 Å². The molecule has 3 saturated heterocycles. The van der Waals surface area contributed by atoms with E-state index in [1.54, 1.807) is 4.31 Å². The molecule has 4 atom stereocenters. The Labute approximate surface area is 221 Å². The van der Waals surface area contributed by atoms with Crippen LogP contribution in [0.25, 0.3) is 10.9 Å². The van der Waals surface area contributed by atoms with Crippen molar-refractivity contribution in [1.82, 2.24) is 29.2 Å². The summed E-state index contributed by atoms with van der Waals surface area (Å²) >= 11 is 0. The summed E-state index contributed by atoms with van der Waals surface area (Å²) in [7, 11) is -1.00. The van der Waals surface area contributed by atoms with Gasteiger partial charge in [0.1, 0.15) is 0 Å². The summed E-state index contributed by atoms with van der Waals surface area (Å²) in [5, 5.41) is 8.92. The summed E-state index contributed by atoms with van der Waals surface area (Å²) in [6, 6.07) is 9.58. The van der Waals surface area contributed by atoms with Crippen LogP contribution in [-0.2, 0) is 10.0 Å². The number of carbonyl (C=O) groups excluding carboxylic acids is 1. The minimum absolute atomic E-state index is 0.0686. The molecule has 0 spiro atoms. The summed E-state index contributed by atoms with van der Waals surface area (Å²) in [6.45, 7) is 7.33. The first kappa shape index (κ1) is 26.6. The number of rotatable bonds is 8. The first-order valence-corrected chi connectivity index (χ1v) is 15.7. The van der Waals surface area contributed by atoms with Gasteiger partial charge in [-0.25, -0.2) is 12.7 Å². The molecule has 0 saturated carbocycles. The molecule has 0 radical (unpaired) electrons. The van der Waals surface area contributed by atoms with Crippen molar-refractivity contribution >= 4 is 26.8 Å². The van der Waals surface area contributed by atoms with E-state index in [9.17, 15) is 13.2 Å². The first-order chi connectivity index (χ1) is 17.6. The number of carbonyl (C=O) groups is 1. The van der Waals surface area contributed by atoms with Crippen molar-refractivity contribution in [3.8, 4) is 0 Å². The van der Waals surface area contributed by atoms with Crippen LogP contribution in [0.5, 0.6) is 0 Å². The lowest BCUT2D eigenvalue weighted by molar-refractivity contribution is 0.0767. The molecule has 2 aromatic rings. The van der Waals surface area contributed by atoms with Crippen molar-refractivity contribution in [1.29, 1.82) is 0 Å². The molecule has 2 bridgehead atoms. The second-order valence-electron chi connectivity index (χ2n) is 11.6. The molecule has 3 fully saturated rings. The van der Waals surface area contributed by atoms with E-state index in [0.717, 1.165) is 49.7 Å². The second-order valence-corrected chi connectivity index (χ2v) is 13.5. The number of nitrogens with one attached hydrogen (secondary N) is 1. The Morgan fingerprint density at radius 2 is 1.86 bits per heavy atom. The number of likely N-dealkylation sites (N-methyl/N-ethyl adjacent to an activating group) is 1. The smallest absolute Gasteiger partial charge is 0.272 e. The van der Waals surface area contributed by atoms with E-state index in [0.29, 0.717) is 30.9 Å². The van der Waals surface area contributed by atoms with Crippen LogP contribution in [-0.4, -0.2) is 102 Å². The minimum atomic E-state index is -3.13. The fourth-order valence-corrected chi connectivity index (χ4v) is 7.60. The lowest BCUT2D eigenvalue weighted by Crippen LogP contribution is -2.53. The van der Waals surface area contributed by atoms with Gasteiger partial charge in [-0.1, -0.05) is 18.2 Å². The molecule has 1 amide bonds. The monoisotopic (exact) mass is 530 g/mol. The maximum absolute atomic E-state index is 13.3. The van der Waals surface area contributed by atoms with Crippen LogP contribution in [0.1, 0.15) is 68.9 Å². The Balaban J connectivity index is 1.17. The molecule has 1 aromatic carbocycles. The molecule has 9 nitrogen and oxygen atoms in total. The van der Waals surface area contributed by atoms with Gasteiger partial charge >= 0.3 is 0 Å². The predicted molar refractivity (Wildman–Crippen MR) is 146 cm³/mol. The highest BCUT2D eigenvalue weighted by Crippen LogP contribution is 2.36. The molecule has 0 aliphatic carbocycles. The normalized spacial score (nSPS) is 27.4. The van der Waals surface area contributed by atoms with Crippen LogP contribution in [0.4, 0.5) is 0 Å². The average molecular weight is 531 g/mol. The van der Waals surface area contributed by atoms with E-state index >= 15 is 0 Å². The summed E-state index contributed by atoms with van der Waals surface area (Å²) in [5.74, 6) is -0.0686. The third-order valence-corrected chi connectivity index (χ3v) is 9.97. The van der Waals surface area contributed by atoms with Crippen LogP contribution in [0.3, 0.4) is 0 Å². The highest BCUT2D eigenvalue weighted by atomic mass is 32.2. The SMILES string of the molecule is CC(C)n1nc(C(=O)N[C@@H]2C[C@H]3CC[C@@H](C2)N3CCN(C)C2CCCN(S(C)(=O)=O)C2)c2ccccc21. The Morgan fingerprint density at radius 1 is 1.16 bits per heavy atom. The lowest BCUT2D eigenvalue weighted by atomic mass is 9.97. The molecule has 1 N–H and O–H groups in total. The van der Waals surface area contributed by atoms with Crippen LogP contribution >= 0.6 is 0 Å². The van der Waals surface area contributed by atoms with E-state index in [4.69, 9.17) is 0 Å². The Kier molecular flexibility index (Phi) is 7.64. The number of nitrogens with zero attached hydrogens (tertiary/aromatic N) is 5. The zero-order chi connectivity index (χ0) is 26.3. The van der Waals surface area contributed by atoms with Gasteiger partial charge in [0.2, 0.25) is 10.0 Å². The Morgan fingerprint density at radius 3 is 2.54 bits per heavy atom. The van der Waals surface area contributed by atoms with Crippen LogP contribution < -0.4 is 5.32 Å². The standard InChI is InChI=1S/C27H42N6O3S/c1-19(2)33-25-10-6-5-9-24(25)26(29-33)27(34)28-20-16-21-11-12-22(17-20)32(21)15-14-30(3)23-8-7-13-31(18-23)37(4,35)36/h5-6,9-10,19-23H,7-8,11-18H2,1-4H3,(H,28,34)/t20-,21-,22+,23?. The fraction of sp³-hybridized carbons (Fsp3) is 0.704. The molecular formula is C27H42N6O3S. The number of hydrogen-bond acceptors (Lipinski definition) is 6. The average Bonchev–Trinajstić information content (AvgIpc) is 3.37. The summed E-state index contributed by atoms with van der Waals surface area (Å²) in [4.78, 5) is 18.3. The number of fused-ring (bicyclic) bond motifs is 3. The van der Waals surface area contributed by atoms with Gasteiger partial charge in [-0.3, -0.25) is 14.4 Å². The van der Waals surface area contributed by atoms with Crippen LogP contribution in [0.2, 0.25) is 0 Å². The molecule has 3 aliphatic rings. The Hall–Kier alpha value is -2.01. The zero-order valence-corrected chi connectivity index (χ0v) is 23.5. The maximum atomic E-state index is 13.3. The maximum Gasteiger partial charge on any atom is 0.272 e. The van der Waals surface area contributed by atoms with E-state index in [1.807, 2.05) is 28.9 Å². The molecule has 5 rings (SSSR count). The molecule has 1 aromatic heterocycles. The summed E-state index contributed by atoms with van der Waals surface area (Å²) in [5.41, 5.74) is 1.52. The summed E-state index contributed by atoms with van der Waals surface area (Å²) < 4.78 is 27.6. The van der Waals surface area contributed by atoms with Gasteiger partial charge in [-0.05, 0) is 65.5 Å². The second kappa shape index (κ2) is 10.6. The number of benzene rings is 1. The molecular weight excluding hydrogens is 488 g/mol. The van der Waals surface area contributed by atoms with Crippen molar-refractivity contribution in [3.63, 3.8) is 0 Å². The number of aromatic nitrogens is 2. The van der Waals surface area contributed by atoms with Crippen LogP contribution in [0, 0.1) is 0 Å². The predicted octanol–water partition coefficient (Wildman–Crippen LogP) is 2.70. The van der Waals surface area contributed by atoms with Crippen molar-refractivity contribution in [2.75, 3.05) is 39.5 Å². The number of sulfonamides is 1. The molecule has 1 unspecified atom stereocenters. The third-order valence-electron chi connectivity index (χ3n) is 8.70. The highest BCUT2D eigenvalue weighted by molar-refractivity contribution is 7.88. The number of amides is 1. The van der Waals surface area contributed by atoms with E-state index < -0.39 is 10.0 Å². The quantitative estimate of drug-likeness (QED) is 0.565. The fourth-order valence-electron chi connectivity index (χ4n) is 6.70. The van der Waals surface area contributed by atoms with Gasteiger partial charge in [0.25, 0.3) is 5.91 Å². The van der Waals surface area contributed by atoms with Gasteiger partial charge in [-0.15, -0.1) is 0 Å². The van der Waals surface area contributed by atoms with Gasteiger partial charge < -0.3 is 10.2 Å². The topological polar surface area (TPSA) is 90.8 Å². The van der Waals surface area contributed by atoms with Gasteiger partial charge in [0, 0.05) is 61.8 Å². The van der Waals surface area contributed by atoms with Crippen molar-refractivity contribution < 1.29 is 13.2 Å². The first-order valence-electron chi connectivity index (χ1n) is 13.8. The van der Waals surface area contributed by atoms with Gasteiger partial charge in [-0.2, -0.15) is 5.10 Å². The molecule has 37 heavy (non-hydrogen) atoms. The minimum Gasteiger partial charge on any atom is -0.348 e. The van der Waals surface area contributed by atoms with Crippen molar-refractivity contribution in [2.24, 2.45) is 0 Å². The Bertz CT molecular complexity index is 1210. The van der Waals surface area contributed by atoms with Gasteiger partial charge in [0.15, 0.2) is 5.69 Å². The van der Waals surface area contributed by atoms with E-state index in [-0.39, 0.29) is 24.0 Å². The number of para-hydroxylation sites is 1. The van der Waals surface area contributed by atoms with Crippen molar-refractivity contribution in [2.45, 2.75) is 82.6 Å². The highest BCUT2D eigenvalue weighted by Gasteiger charge is 2.41. The summed E-state index contributed by atoms with van der Waals surface area (Å²) in [6.07, 6.45) is 7.58. The molecule has 204 valence electrons. The van der Waals surface area contributed by atoms with E-state index in [2.05, 4.69) is 41.1 Å². The van der Waals surface area contributed by atoms with Crippen LogP contribution in [0.15, 0.2) is 24.3 Å².